The molecule has 6 heteroatoms. The molecule has 2 aliphatic rings. The maximum atomic E-state index is 12.6. The van der Waals surface area contributed by atoms with Gasteiger partial charge < -0.3 is 10.6 Å². The smallest absolute Gasteiger partial charge is 0.261 e. The Labute approximate surface area is 128 Å². The van der Waals surface area contributed by atoms with Crippen molar-refractivity contribution in [1.29, 1.82) is 0 Å². The molecule has 2 aliphatic heterocycles. The number of carbonyl (C=O) groups excluding carboxylic acids is 3. The van der Waals surface area contributed by atoms with Gasteiger partial charge in [-0.25, -0.2) is 0 Å². The summed E-state index contributed by atoms with van der Waals surface area (Å²) in [6, 6.07) is 4.70. The molecule has 116 valence electrons. The van der Waals surface area contributed by atoms with Gasteiger partial charge in [0, 0.05) is 25.7 Å². The molecule has 3 amide bonds. The molecular formula is C16H19N3O3. The maximum absolute atomic E-state index is 12.6. The lowest BCUT2D eigenvalue weighted by atomic mass is 9.90. The third-order valence-electron chi connectivity index (χ3n) is 4.67. The van der Waals surface area contributed by atoms with Crippen LogP contribution in [0.5, 0.6) is 0 Å². The van der Waals surface area contributed by atoms with E-state index in [1.54, 1.807) is 17.0 Å². The molecule has 1 fully saturated rings. The van der Waals surface area contributed by atoms with E-state index in [1.807, 2.05) is 0 Å². The highest BCUT2D eigenvalue weighted by Gasteiger charge is 2.37. The van der Waals surface area contributed by atoms with E-state index in [4.69, 9.17) is 5.73 Å². The van der Waals surface area contributed by atoms with Crippen molar-refractivity contribution in [3.63, 3.8) is 0 Å². The molecule has 0 radical (unpaired) electrons. The number of imide groups is 1. The van der Waals surface area contributed by atoms with E-state index in [0.29, 0.717) is 36.3 Å². The largest absolute Gasteiger partial charge is 0.338 e. The number of fused-ring (bicyclic) bond motifs is 1. The summed E-state index contributed by atoms with van der Waals surface area (Å²) in [5, 5.41) is 0. The predicted octanol–water partition coefficient (Wildman–Crippen LogP) is 0.723. The van der Waals surface area contributed by atoms with Crippen LogP contribution in [0.25, 0.3) is 0 Å². The number of likely N-dealkylation sites (tertiary alicyclic amines) is 1. The summed E-state index contributed by atoms with van der Waals surface area (Å²) in [5.74, 6) is -0.798. The topological polar surface area (TPSA) is 83.7 Å². The maximum Gasteiger partial charge on any atom is 0.261 e. The number of carbonyl (C=O) groups is 3. The molecule has 3 rings (SSSR count). The quantitative estimate of drug-likeness (QED) is 0.816. The molecule has 22 heavy (non-hydrogen) atoms. The summed E-state index contributed by atoms with van der Waals surface area (Å²) in [6.45, 7) is 3.89. The van der Waals surface area contributed by atoms with Crippen molar-refractivity contribution in [2.45, 2.75) is 13.3 Å². The molecule has 1 atom stereocenters. The van der Waals surface area contributed by atoms with E-state index in [1.165, 1.54) is 13.1 Å². The summed E-state index contributed by atoms with van der Waals surface area (Å²) in [5.41, 5.74) is 6.83. The molecule has 1 aromatic carbocycles. The molecule has 0 aliphatic carbocycles. The lowest BCUT2D eigenvalue weighted by molar-refractivity contribution is 0.0692. The molecule has 1 saturated heterocycles. The van der Waals surface area contributed by atoms with Gasteiger partial charge in [-0.2, -0.15) is 0 Å². The van der Waals surface area contributed by atoms with Gasteiger partial charge in [-0.15, -0.1) is 0 Å². The number of rotatable bonds is 2. The molecule has 2 heterocycles. The van der Waals surface area contributed by atoms with Crippen molar-refractivity contribution < 1.29 is 14.4 Å². The first kappa shape index (κ1) is 14.7. The Morgan fingerprint density at radius 1 is 1.27 bits per heavy atom. The number of amides is 3. The van der Waals surface area contributed by atoms with Crippen LogP contribution in [0, 0.1) is 5.41 Å². The SMILES string of the molecule is CN1C(=O)c2ccc(C(=O)N3CCC(C)(CN)C3)cc2C1=O. The Bertz CT molecular complexity index is 685. The summed E-state index contributed by atoms with van der Waals surface area (Å²) in [6.07, 6.45) is 0.875. The van der Waals surface area contributed by atoms with Crippen molar-refractivity contribution in [2.75, 3.05) is 26.7 Å². The van der Waals surface area contributed by atoms with Crippen LogP contribution in [-0.4, -0.2) is 54.2 Å². The highest BCUT2D eigenvalue weighted by Crippen LogP contribution is 2.30. The van der Waals surface area contributed by atoms with E-state index in [9.17, 15) is 14.4 Å². The highest BCUT2D eigenvalue weighted by atomic mass is 16.2. The zero-order chi connectivity index (χ0) is 16.1. The zero-order valence-electron chi connectivity index (χ0n) is 12.8. The molecule has 6 nitrogen and oxygen atoms in total. The number of hydrogen-bond donors (Lipinski definition) is 1. The van der Waals surface area contributed by atoms with E-state index in [-0.39, 0.29) is 23.1 Å². The van der Waals surface area contributed by atoms with E-state index >= 15 is 0 Å². The highest BCUT2D eigenvalue weighted by molar-refractivity contribution is 6.21. The van der Waals surface area contributed by atoms with Crippen LogP contribution in [0.4, 0.5) is 0 Å². The van der Waals surface area contributed by atoms with Crippen molar-refractivity contribution >= 4 is 17.7 Å². The van der Waals surface area contributed by atoms with E-state index in [2.05, 4.69) is 6.92 Å². The van der Waals surface area contributed by atoms with Crippen molar-refractivity contribution in [3.8, 4) is 0 Å². The Morgan fingerprint density at radius 2 is 1.95 bits per heavy atom. The van der Waals surface area contributed by atoms with Gasteiger partial charge in [0.25, 0.3) is 17.7 Å². The van der Waals surface area contributed by atoms with Gasteiger partial charge in [0.05, 0.1) is 11.1 Å². The number of nitrogens with zero attached hydrogens (tertiary/aromatic N) is 2. The van der Waals surface area contributed by atoms with Gasteiger partial charge >= 0.3 is 0 Å². The zero-order valence-corrected chi connectivity index (χ0v) is 12.8. The Hall–Kier alpha value is -2.21. The Kier molecular flexibility index (Phi) is 3.29. The van der Waals surface area contributed by atoms with Gasteiger partial charge in [0.2, 0.25) is 0 Å². The van der Waals surface area contributed by atoms with E-state index in [0.717, 1.165) is 11.3 Å². The third-order valence-corrected chi connectivity index (χ3v) is 4.67. The molecule has 0 spiro atoms. The van der Waals surface area contributed by atoms with Crippen LogP contribution < -0.4 is 5.73 Å². The van der Waals surface area contributed by atoms with Gasteiger partial charge in [-0.05, 0) is 36.6 Å². The standard InChI is InChI=1S/C16H19N3O3/c1-16(8-17)5-6-19(9-16)13(20)10-3-4-11-12(7-10)15(22)18(2)14(11)21/h3-4,7H,5-6,8-9,17H2,1-2H3. The van der Waals surface area contributed by atoms with Crippen LogP contribution in [0.2, 0.25) is 0 Å². The van der Waals surface area contributed by atoms with Crippen LogP contribution in [-0.2, 0) is 0 Å². The molecule has 1 aromatic rings. The van der Waals surface area contributed by atoms with Crippen LogP contribution >= 0.6 is 0 Å². The van der Waals surface area contributed by atoms with Gasteiger partial charge in [0.15, 0.2) is 0 Å². The fourth-order valence-electron chi connectivity index (χ4n) is 3.04. The summed E-state index contributed by atoms with van der Waals surface area (Å²) >= 11 is 0. The number of hydrogen-bond acceptors (Lipinski definition) is 4. The molecular weight excluding hydrogens is 282 g/mol. The lowest BCUT2D eigenvalue weighted by Crippen LogP contribution is -2.34. The first-order valence-electron chi connectivity index (χ1n) is 7.32. The normalized spacial score (nSPS) is 24.1. The minimum absolute atomic E-state index is 0.0433. The fraction of sp³-hybridized carbons (Fsp3) is 0.438. The van der Waals surface area contributed by atoms with Crippen LogP contribution in [0.1, 0.15) is 44.4 Å². The Morgan fingerprint density at radius 3 is 2.59 bits per heavy atom. The second-order valence-electron chi connectivity index (χ2n) is 6.42. The summed E-state index contributed by atoms with van der Waals surface area (Å²) < 4.78 is 0. The second kappa shape index (κ2) is 4.91. The first-order chi connectivity index (χ1) is 10.4. The van der Waals surface area contributed by atoms with Crippen molar-refractivity contribution in [2.24, 2.45) is 11.1 Å². The van der Waals surface area contributed by atoms with Gasteiger partial charge in [-0.1, -0.05) is 6.92 Å². The second-order valence-corrected chi connectivity index (χ2v) is 6.42. The molecule has 2 N–H and O–H groups in total. The van der Waals surface area contributed by atoms with Gasteiger partial charge in [-0.3, -0.25) is 19.3 Å². The monoisotopic (exact) mass is 301 g/mol. The third kappa shape index (κ3) is 2.11. The number of benzene rings is 1. The van der Waals surface area contributed by atoms with Crippen molar-refractivity contribution in [1.82, 2.24) is 9.80 Å². The lowest BCUT2D eigenvalue weighted by Gasteiger charge is -2.22. The molecule has 0 bridgehead atoms. The van der Waals surface area contributed by atoms with Gasteiger partial charge in [0.1, 0.15) is 0 Å². The fourth-order valence-corrected chi connectivity index (χ4v) is 3.04. The predicted molar refractivity (Wildman–Crippen MR) is 80.5 cm³/mol. The van der Waals surface area contributed by atoms with Crippen molar-refractivity contribution in [3.05, 3.63) is 34.9 Å². The summed E-state index contributed by atoms with van der Waals surface area (Å²) in [4.78, 5) is 39.3. The molecule has 1 unspecified atom stereocenters. The minimum Gasteiger partial charge on any atom is -0.338 e. The molecule has 0 aromatic heterocycles. The summed E-state index contributed by atoms with van der Waals surface area (Å²) in [7, 11) is 1.44. The Balaban J connectivity index is 1.87. The average molecular weight is 301 g/mol. The van der Waals surface area contributed by atoms with E-state index < -0.39 is 0 Å². The number of nitrogens with two attached hydrogens (primary N) is 1. The minimum atomic E-state index is -0.358. The van der Waals surface area contributed by atoms with Crippen LogP contribution in [0.15, 0.2) is 18.2 Å². The first-order valence-corrected chi connectivity index (χ1v) is 7.32. The molecule has 0 saturated carbocycles. The average Bonchev–Trinajstić information content (AvgIpc) is 3.02. The van der Waals surface area contributed by atoms with Crippen LogP contribution in [0.3, 0.4) is 0 Å².